The highest BCUT2D eigenvalue weighted by Crippen LogP contribution is 2.07. The van der Waals surface area contributed by atoms with Gasteiger partial charge in [-0.25, -0.2) is 4.98 Å². The normalized spacial score (nSPS) is 10.5. The van der Waals surface area contributed by atoms with Gasteiger partial charge in [0, 0.05) is 26.2 Å². The van der Waals surface area contributed by atoms with Crippen LogP contribution in [0.3, 0.4) is 0 Å². The number of nitrogens with one attached hydrogen (secondary N) is 1. The van der Waals surface area contributed by atoms with E-state index in [1.807, 2.05) is 30.8 Å². The van der Waals surface area contributed by atoms with Crippen molar-refractivity contribution < 1.29 is 4.42 Å². The lowest BCUT2D eigenvalue weighted by Gasteiger charge is -1.99. The Balaban J connectivity index is 1.86. The molecule has 0 fully saturated rings. The Labute approximate surface area is 106 Å². The molecule has 0 aromatic carbocycles. The van der Waals surface area contributed by atoms with E-state index in [2.05, 4.69) is 16.4 Å². The Morgan fingerprint density at radius 1 is 1.50 bits per heavy atom. The van der Waals surface area contributed by atoms with Crippen LogP contribution in [-0.2, 0) is 26.6 Å². The van der Waals surface area contributed by atoms with Gasteiger partial charge in [-0.05, 0) is 11.6 Å². The summed E-state index contributed by atoms with van der Waals surface area (Å²) in [4.78, 5) is 4.17. The molecule has 5 heteroatoms. The molecule has 94 valence electrons. The van der Waals surface area contributed by atoms with E-state index in [4.69, 9.17) is 9.68 Å². The molecule has 2 heterocycles. The Hall–Kier alpha value is -2.06. The number of rotatable bonds is 5. The van der Waals surface area contributed by atoms with Gasteiger partial charge in [0.05, 0.1) is 12.7 Å². The molecule has 0 atom stereocenters. The molecule has 0 aliphatic rings. The van der Waals surface area contributed by atoms with Gasteiger partial charge in [-0.15, -0.1) is 0 Å². The zero-order valence-corrected chi connectivity index (χ0v) is 10.6. The summed E-state index contributed by atoms with van der Waals surface area (Å²) in [5.41, 5.74) is 1.74. The Bertz CT molecular complexity index is 562. The molecule has 0 saturated heterocycles. The van der Waals surface area contributed by atoms with E-state index >= 15 is 0 Å². The van der Waals surface area contributed by atoms with Crippen molar-refractivity contribution in [3.8, 4) is 6.07 Å². The van der Waals surface area contributed by atoms with Gasteiger partial charge in [0.25, 0.3) is 0 Å². The monoisotopic (exact) mass is 244 g/mol. The maximum absolute atomic E-state index is 8.85. The van der Waals surface area contributed by atoms with E-state index < -0.39 is 0 Å². The molecule has 2 aromatic rings. The van der Waals surface area contributed by atoms with Gasteiger partial charge in [0.15, 0.2) is 0 Å². The quantitative estimate of drug-likeness (QED) is 0.870. The molecule has 0 spiro atoms. The number of nitrogens with zero attached hydrogens (tertiary/aromatic N) is 3. The maximum atomic E-state index is 8.85. The maximum Gasteiger partial charge on any atom is 0.208 e. The van der Waals surface area contributed by atoms with Gasteiger partial charge < -0.3 is 14.3 Å². The van der Waals surface area contributed by atoms with E-state index in [-0.39, 0.29) is 0 Å². The van der Waals surface area contributed by atoms with Crippen LogP contribution in [0.15, 0.2) is 22.9 Å². The summed E-state index contributed by atoms with van der Waals surface area (Å²) in [5.74, 6) is 1.60. The number of aryl methyl sites for hydroxylation is 2. The fraction of sp³-hybridized carbons (Fsp3) is 0.385. The molecule has 0 radical (unpaired) electrons. The van der Waals surface area contributed by atoms with Gasteiger partial charge in [-0.2, -0.15) is 5.26 Å². The first-order valence-electron chi connectivity index (χ1n) is 5.92. The van der Waals surface area contributed by atoms with Crippen molar-refractivity contribution in [2.75, 3.05) is 0 Å². The molecule has 0 bridgehead atoms. The summed E-state index contributed by atoms with van der Waals surface area (Å²) in [6, 6.07) is 4.01. The van der Waals surface area contributed by atoms with Crippen molar-refractivity contribution in [1.29, 1.82) is 5.26 Å². The van der Waals surface area contributed by atoms with Crippen LogP contribution < -0.4 is 5.32 Å². The van der Waals surface area contributed by atoms with Crippen molar-refractivity contribution in [3.05, 3.63) is 41.4 Å². The first kappa shape index (κ1) is 12.4. The van der Waals surface area contributed by atoms with Crippen LogP contribution in [-0.4, -0.2) is 9.55 Å². The second-order valence-electron chi connectivity index (χ2n) is 4.13. The molecule has 0 amide bonds. The minimum Gasteiger partial charge on any atom is -0.444 e. The van der Waals surface area contributed by atoms with E-state index in [1.165, 1.54) is 0 Å². The van der Waals surface area contributed by atoms with Crippen LogP contribution >= 0.6 is 0 Å². The van der Waals surface area contributed by atoms with Crippen molar-refractivity contribution in [1.82, 2.24) is 14.9 Å². The van der Waals surface area contributed by atoms with Gasteiger partial charge in [-0.3, -0.25) is 0 Å². The average molecular weight is 244 g/mol. The molecule has 2 rings (SSSR count). The molecule has 18 heavy (non-hydrogen) atoms. The highest BCUT2D eigenvalue weighted by molar-refractivity contribution is 5.28. The summed E-state index contributed by atoms with van der Waals surface area (Å²) >= 11 is 0. The summed E-state index contributed by atoms with van der Waals surface area (Å²) in [7, 11) is 1.86. The number of aromatic nitrogens is 2. The Morgan fingerprint density at radius 3 is 2.94 bits per heavy atom. The van der Waals surface area contributed by atoms with E-state index in [1.54, 1.807) is 6.20 Å². The van der Waals surface area contributed by atoms with Crippen LogP contribution in [0.25, 0.3) is 0 Å². The predicted octanol–water partition coefficient (Wildman–Crippen LogP) is 1.74. The molecule has 0 aliphatic heterocycles. The lowest BCUT2D eigenvalue weighted by molar-refractivity contribution is 0.439. The number of nitriles is 1. The van der Waals surface area contributed by atoms with Gasteiger partial charge in [-0.1, -0.05) is 6.92 Å². The largest absolute Gasteiger partial charge is 0.444 e. The number of hydrogen-bond donors (Lipinski definition) is 1. The molecule has 1 N–H and O–H groups in total. The van der Waals surface area contributed by atoms with E-state index in [0.29, 0.717) is 24.7 Å². The molecule has 0 saturated carbocycles. The summed E-state index contributed by atoms with van der Waals surface area (Å²) in [5, 5.41) is 12.1. The van der Waals surface area contributed by atoms with Crippen LogP contribution in [0.2, 0.25) is 0 Å². The summed E-state index contributed by atoms with van der Waals surface area (Å²) in [6.45, 7) is 3.32. The molecule has 5 nitrogen and oxygen atoms in total. The van der Waals surface area contributed by atoms with Crippen molar-refractivity contribution in [2.24, 2.45) is 7.05 Å². The zero-order chi connectivity index (χ0) is 13.0. The number of hydrogen-bond acceptors (Lipinski definition) is 4. The smallest absolute Gasteiger partial charge is 0.208 e. The van der Waals surface area contributed by atoms with Crippen LogP contribution in [0.4, 0.5) is 0 Å². The standard InChI is InChI=1S/C13H16N4O/c1-3-12-7-16-13(18-12)8-15-6-10-4-11(5-14)17(2)9-10/h4,7,9,15H,3,6,8H2,1-2H3. The SMILES string of the molecule is CCc1cnc(CNCc2cc(C#N)n(C)c2)o1. The van der Waals surface area contributed by atoms with Gasteiger partial charge in [0.1, 0.15) is 17.5 Å². The Morgan fingerprint density at radius 2 is 2.33 bits per heavy atom. The van der Waals surface area contributed by atoms with Gasteiger partial charge >= 0.3 is 0 Å². The second kappa shape index (κ2) is 5.52. The predicted molar refractivity (Wildman–Crippen MR) is 66.6 cm³/mol. The zero-order valence-electron chi connectivity index (χ0n) is 10.6. The first-order chi connectivity index (χ1) is 8.72. The van der Waals surface area contributed by atoms with Crippen molar-refractivity contribution in [2.45, 2.75) is 26.4 Å². The third-order valence-electron chi connectivity index (χ3n) is 2.73. The van der Waals surface area contributed by atoms with Crippen molar-refractivity contribution >= 4 is 0 Å². The van der Waals surface area contributed by atoms with Crippen LogP contribution in [0, 0.1) is 11.3 Å². The van der Waals surface area contributed by atoms with E-state index in [9.17, 15) is 0 Å². The molecular formula is C13H16N4O. The minimum atomic E-state index is 0.594. The molecule has 0 unspecified atom stereocenters. The van der Waals surface area contributed by atoms with Crippen molar-refractivity contribution in [3.63, 3.8) is 0 Å². The lowest BCUT2D eigenvalue weighted by atomic mass is 10.3. The fourth-order valence-electron chi connectivity index (χ4n) is 1.75. The lowest BCUT2D eigenvalue weighted by Crippen LogP contribution is -2.12. The second-order valence-corrected chi connectivity index (χ2v) is 4.13. The molecular weight excluding hydrogens is 228 g/mol. The Kier molecular flexibility index (Phi) is 3.80. The molecule has 0 aliphatic carbocycles. The fourth-order valence-corrected chi connectivity index (χ4v) is 1.75. The van der Waals surface area contributed by atoms with E-state index in [0.717, 1.165) is 17.7 Å². The van der Waals surface area contributed by atoms with Crippen LogP contribution in [0.1, 0.15) is 29.8 Å². The first-order valence-corrected chi connectivity index (χ1v) is 5.92. The van der Waals surface area contributed by atoms with Crippen LogP contribution in [0.5, 0.6) is 0 Å². The van der Waals surface area contributed by atoms with Gasteiger partial charge in [0.2, 0.25) is 5.89 Å². The minimum absolute atomic E-state index is 0.594. The third-order valence-corrected chi connectivity index (χ3v) is 2.73. The highest BCUT2D eigenvalue weighted by atomic mass is 16.4. The topological polar surface area (TPSA) is 66.8 Å². The average Bonchev–Trinajstić information content (AvgIpc) is 2.96. The third kappa shape index (κ3) is 2.79. The highest BCUT2D eigenvalue weighted by Gasteiger charge is 2.04. The summed E-state index contributed by atoms with van der Waals surface area (Å²) < 4.78 is 7.31. The summed E-state index contributed by atoms with van der Waals surface area (Å²) in [6.07, 6.45) is 4.56. The number of oxazole rings is 1. The molecule has 2 aromatic heterocycles.